The first kappa shape index (κ1) is 21.3. The number of methoxy groups -OCH3 is 2. The summed E-state index contributed by atoms with van der Waals surface area (Å²) >= 11 is 0. The molecule has 0 spiro atoms. The number of ether oxygens (including phenoxy) is 4. The third-order valence-corrected chi connectivity index (χ3v) is 5.06. The van der Waals surface area contributed by atoms with Gasteiger partial charge in [0.1, 0.15) is 0 Å². The Morgan fingerprint density at radius 1 is 1.26 bits per heavy atom. The lowest BCUT2D eigenvalue weighted by Gasteiger charge is -2.32. The summed E-state index contributed by atoms with van der Waals surface area (Å²) in [7, 11) is 2.44. The van der Waals surface area contributed by atoms with Crippen LogP contribution in [0.25, 0.3) is 0 Å². The van der Waals surface area contributed by atoms with Gasteiger partial charge in [0.15, 0.2) is 23.2 Å². The highest BCUT2D eigenvalue weighted by Gasteiger charge is 2.66. The third-order valence-electron chi connectivity index (χ3n) is 5.06. The van der Waals surface area contributed by atoms with Gasteiger partial charge in [-0.1, -0.05) is 13.0 Å². The van der Waals surface area contributed by atoms with Gasteiger partial charge >= 0.3 is 12.1 Å². The van der Waals surface area contributed by atoms with E-state index in [1.54, 1.807) is 0 Å². The Bertz CT molecular complexity index is 706. The van der Waals surface area contributed by atoms with E-state index in [-0.39, 0.29) is 23.7 Å². The molecule has 0 bridgehead atoms. The van der Waals surface area contributed by atoms with Crippen LogP contribution in [0.4, 0.5) is 17.6 Å². The lowest BCUT2D eigenvalue weighted by atomic mass is 9.77. The lowest BCUT2D eigenvalue weighted by Crippen LogP contribution is -2.47. The van der Waals surface area contributed by atoms with E-state index in [0.29, 0.717) is 0 Å². The van der Waals surface area contributed by atoms with Gasteiger partial charge in [-0.05, 0) is 19.9 Å². The fraction of sp³-hybridized carbons (Fsp3) is 0.611. The first-order valence-electron chi connectivity index (χ1n) is 8.35. The maximum Gasteiger partial charge on any atom is 0.417 e. The Hall–Kier alpha value is -2.03. The van der Waals surface area contributed by atoms with Crippen molar-refractivity contribution in [1.29, 1.82) is 0 Å². The van der Waals surface area contributed by atoms with Gasteiger partial charge < -0.3 is 18.9 Å². The Morgan fingerprint density at radius 2 is 1.89 bits per heavy atom. The van der Waals surface area contributed by atoms with Gasteiger partial charge in [0.05, 0.1) is 20.8 Å². The number of hydrogen-bond acceptors (Lipinski definition) is 5. The minimum atomic E-state index is -4.75. The highest BCUT2D eigenvalue weighted by atomic mass is 19.4. The fourth-order valence-corrected chi connectivity index (χ4v) is 3.41. The quantitative estimate of drug-likeness (QED) is 0.561. The second-order valence-corrected chi connectivity index (χ2v) is 6.41. The summed E-state index contributed by atoms with van der Waals surface area (Å²) < 4.78 is 75.7. The van der Waals surface area contributed by atoms with E-state index in [9.17, 15) is 22.4 Å². The normalized spacial score (nSPS) is 28.1. The number of alkyl halides is 3. The number of carbonyl (C=O) groups is 1. The molecule has 5 nitrogen and oxygen atoms in total. The summed E-state index contributed by atoms with van der Waals surface area (Å²) in [6.45, 7) is 3.67. The molecule has 0 N–H and O–H groups in total. The average Bonchev–Trinajstić information content (AvgIpc) is 2.87. The molecule has 0 amide bonds. The van der Waals surface area contributed by atoms with Crippen molar-refractivity contribution in [3.05, 3.63) is 23.5 Å². The van der Waals surface area contributed by atoms with E-state index >= 15 is 0 Å². The molecule has 0 aliphatic carbocycles. The molecule has 1 fully saturated rings. The maximum atomic E-state index is 14.6. The maximum absolute atomic E-state index is 14.6. The molecule has 1 saturated heterocycles. The van der Waals surface area contributed by atoms with Gasteiger partial charge in [-0.15, -0.1) is 0 Å². The van der Waals surface area contributed by atoms with Crippen molar-refractivity contribution >= 4 is 5.97 Å². The Morgan fingerprint density at radius 3 is 2.37 bits per heavy atom. The van der Waals surface area contributed by atoms with E-state index in [1.165, 1.54) is 40.2 Å². The average molecular weight is 394 g/mol. The van der Waals surface area contributed by atoms with E-state index in [2.05, 4.69) is 0 Å². The second-order valence-electron chi connectivity index (χ2n) is 6.41. The lowest BCUT2D eigenvalue weighted by molar-refractivity contribution is -0.274. The van der Waals surface area contributed by atoms with Crippen LogP contribution in [0.3, 0.4) is 0 Å². The Kier molecular flexibility index (Phi) is 5.94. The molecule has 4 unspecified atom stereocenters. The summed E-state index contributed by atoms with van der Waals surface area (Å²) in [4.78, 5) is 12.3. The highest BCUT2D eigenvalue weighted by Crippen LogP contribution is 2.55. The molecule has 1 aromatic rings. The smallest absolute Gasteiger partial charge is 0.417 e. The van der Waals surface area contributed by atoms with Gasteiger partial charge in [0.2, 0.25) is 5.82 Å². The number of hydrogen-bond donors (Lipinski definition) is 0. The molecule has 152 valence electrons. The molecule has 0 saturated carbocycles. The first-order valence-corrected chi connectivity index (χ1v) is 8.35. The third kappa shape index (κ3) is 3.44. The van der Waals surface area contributed by atoms with Crippen LogP contribution < -0.4 is 9.47 Å². The zero-order valence-electron chi connectivity index (χ0n) is 15.6. The molecule has 9 heteroatoms. The summed E-state index contributed by atoms with van der Waals surface area (Å²) in [6, 6.07) is 2.64. The van der Waals surface area contributed by atoms with Crippen LogP contribution in [-0.4, -0.2) is 44.7 Å². The van der Waals surface area contributed by atoms with Gasteiger partial charge in [0, 0.05) is 17.4 Å². The molecule has 1 aromatic carbocycles. The zero-order valence-corrected chi connectivity index (χ0v) is 15.6. The molecule has 0 aromatic heterocycles. The van der Waals surface area contributed by atoms with E-state index in [4.69, 9.17) is 18.9 Å². The summed E-state index contributed by atoms with van der Waals surface area (Å²) in [5, 5.41) is 0. The van der Waals surface area contributed by atoms with E-state index in [1.807, 2.05) is 0 Å². The molecule has 1 heterocycles. The van der Waals surface area contributed by atoms with Crippen LogP contribution in [0, 0.1) is 11.7 Å². The highest BCUT2D eigenvalue weighted by molar-refractivity contribution is 5.77. The standard InChI is InChI=1S/C18H22F4O5/c1-6-26-16(23)15-12(9(2)17(3,27-15)18(20,21)22)10-7-8-11(24-4)13(19)14(10)25-5/h7-9,12,15H,6H2,1-5H3. The number of halogens is 4. The molecule has 0 radical (unpaired) electrons. The van der Waals surface area contributed by atoms with Gasteiger partial charge in [-0.3, -0.25) is 0 Å². The van der Waals surface area contributed by atoms with Crippen LogP contribution in [-0.2, 0) is 14.3 Å². The predicted molar refractivity (Wildman–Crippen MR) is 87.4 cm³/mol. The van der Waals surface area contributed by atoms with Crippen molar-refractivity contribution in [2.45, 2.75) is 44.6 Å². The van der Waals surface area contributed by atoms with Crippen LogP contribution in [0.1, 0.15) is 32.3 Å². The Labute approximate surface area is 154 Å². The summed E-state index contributed by atoms with van der Waals surface area (Å²) in [6.07, 6.45) is -6.31. The largest absolute Gasteiger partial charge is 0.494 e. The molecule has 4 atom stereocenters. The van der Waals surface area contributed by atoms with Crippen LogP contribution in [0.15, 0.2) is 12.1 Å². The number of esters is 1. The number of benzene rings is 1. The van der Waals surface area contributed by atoms with Crippen molar-refractivity contribution in [1.82, 2.24) is 0 Å². The molecule has 1 aliphatic heterocycles. The number of rotatable bonds is 5. The molecular weight excluding hydrogens is 372 g/mol. The first-order chi connectivity index (χ1) is 12.5. The molecule has 1 aliphatic rings. The molecule has 2 rings (SSSR count). The van der Waals surface area contributed by atoms with Crippen LogP contribution in [0.2, 0.25) is 0 Å². The summed E-state index contributed by atoms with van der Waals surface area (Å²) in [5.41, 5.74) is -2.54. The zero-order chi connectivity index (χ0) is 20.6. The summed E-state index contributed by atoms with van der Waals surface area (Å²) in [5.74, 6) is -4.59. The van der Waals surface area contributed by atoms with Crippen molar-refractivity contribution in [2.24, 2.45) is 5.92 Å². The van der Waals surface area contributed by atoms with Gasteiger partial charge in [0.25, 0.3) is 0 Å². The topological polar surface area (TPSA) is 54.0 Å². The molecule has 27 heavy (non-hydrogen) atoms. The minimum Gasteiger partial charge on any atom is -0.494 e. The van der Waals surface area contributed by atoms with Crippen molar-refractivity contribution in [3.63, 3.8) is 0 Å². The minimum absolute atomic E-state index is 0.0311. The number of carbonyl (C=O) groups excluding carboxylic acids is 1. The van der Waals surface area contributed by atoms with Crippen molar-refractivity contribution < 1.29 is 41.3 Å². The molecular formula is C18H22F4O5. The monoisotopic (exact) mass is 394 g/mol. The van der Waals surface area contributed by atoms with Crippen LogP contribution >= 0.6 is 0 Å². The van der Waals surface area contributed by atoms with E-state index < -0.39 is 41.5 Å². The van der Waals surface area contributed by atoms with Crippen LogP contribution in [0.5, 0.6) is 11.5 Å². The Balaban J connectivity index is 2.63. The van der Waals surface area contributed by atoms with Crippen molar-refractivity contribution in [3.8, 4) is 11.5 Å². The van der Waals surface area contributed by atoms with Gasteiger partial charge in [-0.25, -0.2) is 4.79 Å². The van der Waals surface area contributed by atoms with Gasteiger partial charge in [-0.2, -0.15) is 17.6 Å². The predicted octanol–water partition coefficient (Wildman–Crippen LogP) is 3.85. The SMILES string of the molecule is CCOC(=O)C1OC(C)(C(F)(F)F)C(C)C1c1ccc(OC)c(F)c1OC. The van der Waals surface area contributed by atoms with E-state index in [0.717, 1.165) is 6.92 Å². The van der Waals surface area contributed by atoms with Crippen molar-refractivity contribution in [2.75, 3.05) is 20.8 Å². The second kappa shape index (κ2) is 7.53. The fourth-order valence-electron chi connectivity index (χ4n) is 3.41.